The Bertz CT molecular complexity index is 1130. The number of rotatable bonds is 7. The molecule has 6 nitrogen and oxygen atoms in total. The van der Waals surface area contributed by atoms with Crippen molar-refractivity contribution in [1.29, 1.82) is 0 Å². The number of hydrogen-bond donors (Lipinski definition) is 2. The first-order valence-corrected chi connectivity index (χ1v) is 10.5. The molecule has 0 aliphatic carbocycles. The molecule has 148 valence electrons. The number of anilines is 1. The summed E-state index contributed by atoms with van der Waals surface area (Å²) in [5.74, 6) is -0.929. The summed E-state index contributed by atoms with van der Waals surface area (Å²) in [6.45, 7) is -0.487. The van der Waals surface area contributed by atoms with Crippen LogP contribution in [0.2, 0.25) is 5.02 Å². The van der Waals surface area contributed by atoms with Crippen molar-refractivity contribution in [3.63, 3.8) is 0 Å². The molecule has 0 fully saturated rings. The van der Waals surface area contributed by atoms with Gasteiger partial charge < -0.3 is 5.32 Å². The first kappa shape index (κ1) is 20.7. The molecule has 0 aliphatic rings. The van der Waals surface area contributed by atoms with Crippen molar-refractivity contribution in [2.75, 3.05) is 11.9 Å². The smallest absolute Gasteiger partial charge is 0.241 e. The number of carbonyl (C=O) groups is 2. The highest BCUT2D eigenvalue weighted by Gasteiger charge is 2.18. The van der Waals surface area contributed by atoms with Gasteiger partial charge in [0.1, 0.15) is 0 Å². The number of carbonyl (C=O) groups excluding carboxylic acids is 2. The van der Waals surface area contributed by atoms with E-state index in [0.717, 1.165) is 0 Å². The van der Waals surface area contributed by atoms with Crippen LogP contribution in [0.5, 0.6) is 0 Å². The van der Waals surface area contributed by atoms with Gasteiger partial charge in [-0.2, -0.15) is 0 Å². The predicted molar refractivity (Wildman–Crippen MR) is 112 cm³/mol. The molecule has 0 aromatic heterocycles. The largest absolute Gasteiger partial charge is 0.324 e. The lowest BCUT2D eigenvalue weighted by Gasteiger charge is -2.12. The van der Waals surface area contributed by atoms with Crippen molar-refractivity contribution in [3.8, 4) is 0 Å². The van der Waals surface area contributed by atoms with Gasteiger partial charge >= 0.3 is 0 Å². The summed E-state index contributed by atoms with van der Waals surface area (Å²) < 4.78 is 26.7. The van der Waals surface area contributed by atoms with E-state index in [9.17, 15) is 18.0 Å². The molecule has 0 aliphatic heterocycles. The maximum atomic E-state index is 12.8. The Hall–Kier alpha value is -3.00. The third-order valence-electron chi connectivity index (χ3n) is 4.01. The van der Waals surface area contributed by atoms with Crippen LogP contribution in [-0.2, 0) is 14.8 Å². The number of benzene rings is 3. The summed E-state index contributed by atoms with van der Waals surface area (Å²) in [5, 5.41) is 2.91. The lowest BCUT2D eigenvalue weighted by Crippen LogP contribution is -2.33. The Morgan fingerprint density at radius 2 is 1.48 bits per heavy atom. The van der Waals surface area contributed by atoms with Gasteiger partial charge in [0.05, 0.1) is 17.1 Å². The van der Waals surface area contributed by atoms with E-state index in [1.54, 1.807) is 48.5 Å². The fraction of sp³-hybridized carbons (Fsp3) is 0.0476. The minimum absolute atomic E-state index is 0.0548. The van der Waals surface area contributed by atoms with Gasteiger partial charge in [-0.1, -0.05) is 60.1 Å². The molecule has 0 heterocycles. The molecule has 0 saturated heterocycles. The molecule has 0 spiro atoms. The van der Waals surface area contributed by atoms with Gasteiger partial charge in [0.15, 0.2) is 5.78 Å². The number of sulfonamides is 1. The van der Waals surface area contributed by atoms with Gasteiger partial charge in [-0.25, -0.2) is 13.1 Å². The van der Waals surface area contributed by atoms with Crippen molar-refractivity contribution in [2.45, 2.75) is 4.90 Å². The van der Waals surface area contributed by atoms with E-state index in [1.165, 1.54) is 30.3 Å². The molecular weight excluding hydrogens is 412 g/mol. The summed E-state index contributed by atoms with van der Waals surface area (Å²) in [4.78, 5) is 25.1. The molecule has 0 saturated carbocycles. The molecular formula is C21H17ClN2O4S. The number of nitrogens with one attached hydrogen (secondary N) is 2. The Labute approximate surface area is 173 Å². The third kappa shape index (κ3) is 5.29. The molecule has 3 rings (SSSR count). The molecule has 8 heteroatoms. The Morgan fingerprint density at radius 3 is 2.14 bits per heavy atom. The molecule has 3 aromatic rings. The van der Waals surface area contributed by atoms with Gasteiger partial charge in [-0.05, 0) is 30.3 Å². The normalized spacial score (nSPS) is 11.1. The summed E-state index contributed by atoms with van der Waals surface area (Å²) in [7, 11) is -3.82. The van der Waals surface area contributed by atoms with Crippen molar-refractivity contribution in [1.82, 2.24) is 4.72 Å². The maximum Gasteiger partial charge on any atom is 0.241 e. The van der Waals surface area contributed by atoms with Gasteiger partial charge in [0.2, 0.25) is 15.9 Å². The van der Waals surface area contributed by atoms with E-state index in [0.29, 0.717) is 10.6 Å². The number of amides is 1. The average Bonchev–Trinajstić information content (AvgIpc) is 2.74. The summed E-state index contributed by atoms with van der Waals surface area (Å²) in [6.07, 6.45) is 0. The van der Waals surface area contributed by atoms with E-state index in [1.807, 2.05) is 0 Å². The summed E-state index contributed by atoms with van der Waals surface area (Å²) >= 11 is 6.02. The quantitative estimate of drug-likeness (QED) is 0.563. The van der Waals surface area contributed by atoms with Crippen molar-refractivity contribution in [2.24, 2.45) is 0 Å². The standard InChI is InChI=1S/C21H17ClN2O4S/c22-16-11-12-19(18(13-16)21(26)15-7-3-1-4-8-15)24-20(25)14-23-29(27,28)17-9-5-2-6-10-17/h1-13,23H,14H2,(H,24,25). The van der Waals surface area contributed by atoms with Crippen LogP contribution >= 0.6 is 11.6 Å². The second kappa shape index (κ2) is 9.00. The van der Waals surface area contributed by atoms with E-state index < -0.39 is 22.5 Å². The van der Waals surface area contributed by atoms with Crippen LogP contribution in [0.1, 0.15) is 15.9 Å². The van der Waals surface area contributed by atoms with Crippen molar-refractivity contribution in [3.05, 3.63) is 95.0 Å². The highest BCUT2D eigenvalue weighted by atomic mass is 35.5. The lowest BCUT2D eigenvalue weighted by molar-refractivity contribution is -0.115. The van der Waals surface area contributed by atoms with Crippen molar-refractivity contribution < 1.29 is 18.0 Å². The molecule has 0 bridgehead atoms. The zero-order valence-corrected chi connectivity index (χ0v) is 16.7. The van der Waals surface area contributed by atoms with E-state index in [-0.39, 0.29) is 21.9 Å². The predicted octanol–water partition coefficient (Wildman–Crippen LogP) is 3.49. The zero-order chi connectivity index (χ0) is 20.9. The number of halogens is 1. The second-order valence-corrected chi connectivity index (χ2v) is 8.27. The Kier molecular flexibility index (Phi) is 6.43. The van der Waals surface area contributed by atoms with Crippen molar-refractivity contribution >= 4 is 39.0 Å². The van der Waals surface area contributed by atoms with Crippen LogP contribution in [0.25, 0.3) is 0 Å². The highest BCUT2D eigenvalue weighted by molar-refractivity contribution is 7.89. The molecule has 2 N–H and O–H groups in total. The number of hydrogen-bond acceptors (Lipinski definition) is 4. The van der Waals surface area contributed by atoms with Gasteiger partial charge in [0, 0.05) is 16.1 Å². The molecule has 0 radical (unpaired) electrons. The monoisotopic (exact) mass is 428 g/mol. The fourth-order valence-electron chi connectivity index (χ4n) is 2.60. The summed E-state index contributed by atoms with van der Waals surface area (Å²) in [6, 6.07) is 20.8. The summed E-state index contributed by atoms with van der Waals surface area (Å²) in [5.41, 5.74) is 0.894. The zero-order valence-electron chi connectivity index (χ0n) is 15.1. The fourth-order valence-corrected chi connectivity index (χ4v) is 3.77. The van der Waals surface area contributed by atoms with Gasteiger partial charge in [-0.3, -0.25) is 9.59 Å². The minimum Gasteiger partial charge on any atom is -0.324 e. The molecule has 1 amide bonds. The number of ketones is 1. The highest BCUT2D eigenvalue weighted by Crippen LogP contribution is 2.23. The Morgan fingerprint density at radius 1 is 0.862 bits per heavy atom. The maximum absolute atomic E-state index is 12.8. The van der Waals surface area contributed by atoms with Crippen LogP contribution in [0, 0.1) is 0 Å². The first-order valence-electron chi connectivity index (χ1n) is 8.61. The molecule has 29 heavy (non-hydrogen) atoms. The second-order valence-electron chi connectivity index (χ2n) is 6.07. The minimum atomic E-state index is -3.82. The molecule has 0 atom stereocenters. The molecule has 3 aromatic carbocycles. The molecule has 0 unspecified atom stereocenters. The van der Waals surface area contributed by atoms with Crippen LogP contribution in [0.4, 0.5) is 5.69 Å². The third-order valence-corrected chi connectivity index (χ3v) is 5.66. The van der Waals surface area contributed by atoms with E-state index in [2.05, 4.69) is 10.0 Å². The average molecular weight is 429 g/mol. The lowest BCUT2D eigenvalue weighted by atomic mass is 10.0. The van der Waals surface area contributed by atoms with Gasteiger partial charge in [0.25, 0.3) is 0 Å². The van der Waals surface area contributed by atoms with Gasteiger partial charge in [-0.15, -0.1) is 0 Å². The topological polar surface area (TPSA) is 92.3 Å². The van der Waals surface area contributed by atoms with E-state index >= 15 is 0 Å². The van der Waals surface area contributed by atoms with Crippen LogP contribution < -0.4 is 10.0 Å². The van der Waals surface area contributed by atoms with Crippen LogP contribution in [-0.4, -0.2) is 26.7 Å². The van der Waals surface area contributed by atoms with E-state index in [4.69, 9.17) is 11.6 Å². The Balaban J connectivity index is 1.75. The first-order chi connectivity index (χ1) is 13.9. The van der Waals surface area contributed by atoms with Crippen LogP contribution in [0.15, 0.2) is 83.8 Å². The van der Waals surface area contributed by atoms with Crippen LogP contribution in [0.3, 0.4) is 0 Å². The SMILES string of the molecule is O=C(CNS(=O)(=O)c1ccccc1)Nc1ccc(Cl)cc1C(=O)c1ccccc1.